The van der Waals surface area contributed by atoms with Crippen molar-refractivity contribution in [1.82, 2.24) is 0 Å². The zero-order valence-corrected chi connectivity index (χ0v) is 9.17. The Labute approximate surface area is 84.0 Å². The molecule has 0 aliphatic carbocycles. The second-order valence-corrected chi connectivity index (χ2v) is 4.95. The van der Waals surface area contributed by atoms with Gasteiger partial charge in [-0.15, -0.1) is 11.3 Å². The number of aryl methyl sites for hydroxylation is 1. The van der Waals surface area contributed by atoms with Crippen LogP contribution in [0.2, 0.25) is 0 Å². The Morgan fingerprint density at radius 3 is 2.85 bits per heavy atom. The Hall–Kier alpha value is -0.230. The van der Waals surface area contributed by atoms with Crippen molar-refractivity contribution in [3.63, 3.8) is 0 Å². The Balaban J connectivity index is 2.77. The average molecular weight is 219 g/mol. The lowest BCUT2D eigenvalue weighted by Crippen LogP contribution is -1.92. The molecule has 0 radical (unpaired) electrons. The van der Waals surface area contributed by atoms with Gasteiger partial charge in [0.2, 0.25) is 0 Å². The molecule has 5 heteroatoms. The highest BCUT2D eigenvalue weighted by Crippen LogP contribution is 2.24. The molecule has 13 heavy (non-hydrogen) atoms. The molecule has 1 rings (SSSR count). The maximum atomic E-state index is 10.6. The van der Waals surface area contributed by atoms with Crippen LogP contribution in [0.1, 0.15) is 10.4 Å². The molecule has 0 bridgehead atoms. The molecule has 0 aromatic carbocycles. The van der Waals surface area contributed by atoms with Crippen LogP contribution >= 0.6 is 11.3 Å². The Morgan fingerprint density at radius 2 is 2.38 bits per heavy atom. The first kappa shape index (κ1) is 10.8. The van der Waals surface area contributed by atoms with E-state index in [2.05, 4.69) is 0 Å². The van der Waals surface area contributed by atoms with Crippen LogP contribution in [0.5, 0.6) is 0 Å². The van der Waals surface area contributed by atoms with Gasteiger partial charge in [-0.1, -0.05) is 0 Å². The normalized spacial score (nSPS) is 13.2. The van der Waals surface area contributed by atoms with Gasteiger partial charge in [0.15, 0.2) is 0 Å². The molecular weight excluding hydrogens is 208 g/mol. The Morgan fingerprint density at radius 1 is 1.69 bits per heavy atom. The second kappa shape index (κ2) is 4.85. The summed E-state index contributed by atoms with van der Waals surface area (Å²) in [5, 5.41) is 0. The summed E-state index contributed by atoms with van der Waals surface area (Å²) in [5.74, 6) is 0. The van der Waals surface area contributed by atoms with Crippen molar-refractivity contribution < 1.29 is 13.5 Å². The van der Waals surface area contributed by atoms with Crippen LogP contribution in [-0.2, 0) is 22.2 Å². The summed E-state index contributed by atoms with van der Waals surface area (Å²) in [4.78, 5) is 1.08. The molecular formula is C8H11O3S2-. The lowest BCUT2D eigenvalue weighted by Gasteiger charge is -1.98. The first-order chi connectivity index (χ1) is 6.15. The predicted molar refractivity (Wildman–Crippen MR) is 51.8 cm³/mol. The molecule has 1 unspecified atom stereocenters. The molecule has 0 aliphatic rings. The molecule has 1 heterocycles. The summed E-state index contributed by atoms with van der Waals surface area (Å²) >= 11 is -0.781. The third kappa shape index (κ3) is 2.87. The van der Waals surface area contributed by atoms with Crippen molar-refractivity contribution in [3.8, 4) is 0 Å². The van der Waals surface area contributed by atoms with Crippen molar-refractivity contribution in [2.75, 3.05) is 13.7 Å². The minimum Gasteiger partial charge on any atom is -0.768 e. The van der Waals surface area contributed by atoms with E-state index < -0.39 is 11.1 Å². The first-order valence-corrected chi connectivity index (χ1v) is 5.71. The highest BCUT2D eigenvalue weighted by atomic mass is 32.2. The van der Waals surface area contributed by atoms with E-state index in [1.807, 2.05) is 6.92 Å². The third-order valence-electron chi connectivity index (χ3n) is 1.70. The summed E-state index contributed by atoms with van der Waals surface area (Å²) in [6, 6.07) is 1.69. The number of ether oxygens (including phenoxy) is 1. The van der Waals surface area contributed by atoms with Gasteiger partial charge in [0, 0.05) is 18.4 Å². The highest BCUT2D eigenvalue weighted by molar-refractivity contribution is 7.81. The molecule has 0 saturated heterocycles. The van der Waals surface area contributed by atoms with E-state index in [1.54, 1.807) is 13.2 Å². The fraction of sp³-hybridized carbons (Fsp3) is 0.500. The smallest absolute Gasteiger partial charge is 0.0777 e. The molecule has 1 atom stereocenters. The van der Waals surface area contributed by atoms with Gasteiger partial charge in [0.25, 0.3) is 0 Å². The van der Waals surface area contributed by atoms with Crippen molar-refractivity contribution in [2.24, 2.45) is 0 Å². The molecule has 0 fully saturated rings. The first-order valence-electron chi connectivity index (χ1n) is 3.82. The van der Waals surface area contributed by atoms with Crippen LogP contribution in [0.4, 0.5) is 0 Å². The van der Waals surface area contributed by atoms with Crippen LogP contribution in [0, 0.1) is 6.92 Å². The summed E-state index contributed by atoms with van der Waals surface area (Å²) in [7, 11) is 1.63. The van der Waals surface area contributed by atoms with Gasteiger partial charge in [-0.05, 0) is 29.6 Å². The van der Waals surface area contributed by atoms with Crippen LogP contribution < -0.4 is 0 Å². The highest BCUT2D eigenvalue weighted by Gasteiger charge is 2.05. The molecule has 0 N–H and O–H groups in total. The molecule has 1 aromatic rings. The van der Waals surface area contributed by atoms with E-state index >= 15 is 0 Å². The predicted octanol–water partition coefficient (Wildman–Crippen LogP) is 1.48. The molecule has 0 saturated carbocycles. The largest absolute Gasteiger partial charge is 0.768 e. The van der Waals surface area contributed by atoms with E-state index in [1.165, 1.54) is 11.3 Å². The van der Waals surface area contributed by atoms with E-state index in [0.717, 1.165) is 16.9 Å². The number of thiophene rings is 1. The topological polar surface area (TPSA) is 49.4 Å². The van der Waals surface area contributed by atoms with Crippen molar-refractivity contribution in [2.45, 2.75) is 17.6 Å². The summed E-state index contributed by atoms with van der Waals surface area (Å²) in [5.41, 5.74) is 1.03. The third-order valence-corrected chi connectivity index (χ3v) is 3.89. The minimum absolute atomic E-state index is 0.406. The van der Waals surface area contributed by atoms with Gasteiger partial charge in [-0.2, -0.15) is 0 Å². The standard InChI is InChI=1S/C8H12O3S2/c1-6-5-8(13(9)10)12-7(6)3-4-11-2/h5H,3-4H2,1-2H3,(H,9,10)/p-1. The van der Waals surface area contributed by atoms with Gasteiger partial charge in [0.1, 0.15) is 0 Å². The van der Waals surface area contributed by atoms with Crippen molar-refractivity contribution >= 4 is 22.4 Å². The fourth-order valence-corrected chi connectivity index (χ4v) is 2.74. The van der Waals surface area contributed by atoms with Crippen LogP contribution in [0.3, 0.4) is 0 Å². The monoisotopic (exact) mass is 219 g/mol. The molecule has 0 aliphatic heterocycles. The Bertz CT molecular complexity index is 306. The lowest BCUT2D eigenvalue weighted by atomic mass is 10.2. The summed E-state index contributed by atoms with van der Waals surface area (Å²) < 4.78 is 26.6. The van der Waals surface area contributed by atoms with Crippen LogP contribution in [-0.4, -0.2) is 22.5 Å². The minimum atomic E-state index is -2.10. The molecule has 74 valence electrons. The van der Waals surface area contributed by atoms with E-state index in [-0.39, 0.29) is 0 Å². The number of rotatable bonds is 4. The van der Waals surface area contributed by atoms with Gasteiger partial charge in [-0.3, -0.25) is 4.21 Å². The maximum absolute atomic E-state index is 10.6. The number of hydrogen-bond donors (Lipinski definition) is 0. The number of methoxy groups -OCH3 is 1. The van der Waals surface area contributed by atoms with E-state index in [4.69, 9.17) is 4.74 Å². The quantitative estimate of drug-likeness (QED) is 0.721. The summed E-state index contributed by atoms with van der Waals surface area (Å²) in [6.45, 7) is 2.55. The fourth-order valence-electron chi connectivity index (χ4n) is 1.01. The zero-order valence-electron chi connectivity index (χ0n) is 7.53. The average Bonchev–Trinajstić information content (AvgIpc) is 2.44. The van der Waals surface area contributed by atoms with Gasteiger partial charge in [-0.25, -0.2) is 0 Å². The number of hydrogen-bond acceptors (Lipinski definition) is 4. The molecule has 0 spiro atoms. The van der Waals surface area contributed by atoms with Gasteiger partial charge in [0.05, 0.1) is 10.8 Å². The van der Waals surface area contributed by atoms with Gasteiger partial charge < -0.3 is 9.29 Å². The van der Waals surface area contributed by atoms with Crippen LogP contribution in [0.25, 0.3) is 0 Å². The maximum Gasteiger partial charge on any atom is 0.0777 e. The van der Waals surface area contributed by atoms with Gasteiger partial charge >= 0.3 is 0 Å². The van der Waals surface area contributed by atoms with E-state index in [9.17, 15) is 8.76 Å². The SMILES string of the molecule is COCCc1sc(S(=O)[O-])cc1C. The second-order valence-electron chi connectivity index (χ2n) is 2.65. The lowest BCUT2D eigenvalue weighted by molar-refractivity contribution is 0.203. The van der Waals surface area contributed by atoms with Crippen LogP contribution in [0.15, 0.2) is 10.3 Å². The van der Waals surface area contributed by atoms with E-state index in [0.29, 0.717) is 10.8 Å². The molecule has 0 amide bonds. The molecule has 1 aromatic heterocycles. The van der Waals surface area contributed by atoms with Crippen molar-refractivity contribution in [3.05, 3.63) is 16.5 Å². The van der Waals surface area contributed by atoms with Crippen molar-refractivity contribution in [1.29, 1.82) is 0 Å². The molecule has 3 nitrogen and oxygen atoms in total. The summed E-state index contributed by atoms with van der Waals surface area (Å²) in [6.07, 6.45) is 0.782. The zero-order chi connectivity index (χ0) is 9.84. The Kier molecular flexibility index (Phi) is 4.05.